The molecular weight excluding hydrogens is 412 g/mol. The van der Waals surface area contributed by atoms with Crippen LogP contribution in [0.15, 0.2) is 42.5 Å². The number of ether oxygens (including phenoxy) is 1. The second-order valence-electron chi connectivity index (χ2n) is 8.51. The molecule has 31 heavy (non-hydrogen) atoms. The van der Waals surface area contributed by atoms with Gasteiger partial charge in [0.25, 0.3) is 0 Å². The molecule has 0 atom stereocenters. The van der Waals surface area contributed by atoms with E-state index < -0.39 is 10.0 Å². The van der Waals surface area contributed by atoms with E-state index in [1.165, 1.54) is 23.4 Å². The van der Waals surface area contributed by atoms with Crippen LogP contribution in [0.4, 0.5) is 5.69 Å². The molecule has 1 aliphatic carbocycles. The fourth-order valence-corrected chi connectivity index (χ4v) is 5.22. The Morgan fingerprint density at radius 2 is 1.94 bits per heavy atom. The average Bonchev–Trinajstić information content (AvgIpc) is 3.25. The maximum absolute atomic E-state index is 12.6. The number of carbonyl (C=O) groups excluding carboxylic acids is 1. The number of amides is 1. The first-order chi connectivity index (χ1) is 14.9. The molecule has 1 amide bonds. The Kier molecular flexibility index (Phi) is 6.62. The van der Waals surface area contributed by atoms with Gasteiger partial charge in [0.05, 0.1) is 12.4 Å². The summed E-state index contributed by atoms with van der Waals surface area (Å²) in [7, 11) is -3.22. The Morgan fingerprint density at radius 1 is 1.16 bits per heavy atom. The van der Waals surface area contributed by atoms with Crippen molar-refractivity contribution in [2.75, 3.05) is 18.1 Å². The summed E-state index contributed by atoms with van der Waals surface area (Å²) >= 11 is 0. The molecule has 1 fully saturated rings. The summed E-state index contributed by atoms with van der Waals surface area (Å²) in [6.45, 7) is 0.790. The number of anilines is 1. The number of benzene rings is 2. The molecule has 2 aliphatic rings. The third-order valence-corrected chi connectivity index (χ3v) is 7.37. The highest BCUT2D eigenvalue weighted by Gasteiger charge is 2.25. The average molecular weight is 443 g/mol. The quantitative estimate of drug-likeness (QED) is 0.706. The van der Waals surface area contributed by atoms with Gasteiger partial charge in [-0.15, -0.1) is 0 Å². The van der Waals surface area contributed by atoms with E-state index in [1.807, 2.05) is 42.5 Å². The lowest BCUT2D eigenvalue weighted by atomic mass is 9.99. The monoisotopic (exact) mass is 442 g/mol. The summed E-state index contributed by atoms with van der Waals surface area (Å²) in [6, 6.07) is 13.7. The molecule has 0 aromatic heterocycles. The summed E-state index contributed by atoms with van der Waals surface area (Å²) in [4.78, 5) is 12.6. The smallest absolute Gasteiger partial charge is 0.224 e. The number of carbonyl (C=O) groups is 1. The zero-order valence-corrected chi connectivity index (χ0v) is 18.8. The fourth-order valence-electron chi connectivity index (χ4n) is 4.43. The molecule has 1 N–H and O–H groups in total. The van der Waals surface area contributed by atoms with Gasteiger partial charge in [-0.2, -0.15) is 4.31 Å². The molecule has 0 saturated heterocycles. The van der Waals surface area contributed by atoms with Crippen molar-refractivity contribution in [3.63, 3.8) is 0 Å². The van der Waals surface area contributed by atoms with Crippen molar-refractivity contribution in [3.05, 3.63) is 59.2 Å². The van der Waals surface area contributed by atoms with Crippen molar-refractivity contribution in [1.29, 1.82) is 0 Å². The second-order valence-corrected chi connectivity index (χ2v) is 10.5. The Labute approximate surface area is 184 Å². The normalized spacial score (nSPS) is 17.3. The number of fused-ring (bicyclic) bond motifs is 1. The molecule has 6 nitrogen and oxygen atoms in total. The van der Waals surface area contributed by atoms with Crippen molar-refractivity contribution >= 4 is 21.6 Å². The number of nitrogens with zero attached hydrogens (tertiary/aromatic N) is 1. The van der Waals surface area contributed by atoms with Gasteiger partial charge in [-0.25, -0.2) is 8.42 Å². The van der Waals surface area contributed by atoms with Gasteiger partial charge in [-0.05, 0) is 73.4 Å². The van der Waals surface area contributed by atoms with Gasteiger partial charge in [0.1, 0.15) is 5.75 Å². The van der Waals surface area contributed by atoms with Crippen molar-refractivity contribution in [3.8, 4) is 5.75 Å². The number of aryl methyl sites for hydroxylation is 1. The summed E-state index contributed by atoms with van der Waals surface area (Å²) in [5.74, 6) is 0.846. The Bertz CT molecular complexity index is 1050. The molecule has 4 rings (SSSR count). The number of hydrogen-bond donors (Lipinski definition) is 1. The first-order valence-corrected chi connectivity index (χ1v) is 12.8. The molecule has 0 unspecified atom stereocenters. The van der Waals surface area contributed by atoms with Gasteiger partial charge >= 0.3 is 0 Å². The van der Waals surface area contributed by atoms with Gasteiger partial charge in [0.15, 0.2) is 0 Å². The molecule has 2 aromatic rings. The van der Waals surface area contributed by atoms with Gasteiger partial charge < -0.3 is 10.1 Å². The lowest BCUT2D eigenvalue weighted by Gasteiger charge is -2.28. The van der Waals surface area contributed by atoms with E-state index >= 15 is 0 Å². The molecule has 0 radical (unpaired) electrons. The number of hydrogen-bond acceptors (Lipinski definition) is 4. The molecule has 0 spiro atoms. The van der Waals surface area contributed by atoms with Crippen LogP contribution in [-0.4, -0.2) is 37.5 Å². The maximum atomic E-state index is 12.6. The van der Waals surface area contributed by atoms with E-state index in [-0.39, 0.29) is 5.91 Å². The SMILES string of the molecule is CS(=O)(=O)N1CCc2c(cccc2NC(=O)CCc2cccc(OC3CCCC3)c2)C1. The molecule has 2 aromatic carbocycles. The van der Waals surface area contributed by atoms with Crippen LogP contribution in [0.1, 0.15) is 48.8 Å². The molecular formula is C24H30N2O4S. The van der Waals surface area contributed by atoms with E-state index in [2.05, 4.69) is 5.32 Å². The second kappa shape index (κ2) is 9.40. The van der Waals surface area contributed by atoms with Crippen LogP contribution in [-0.2, 0) is 34.2 Å². The number of sulfonamides is 1. The standard InChI is InChI=1S/C24H30N2O4S/c1-31(28,29)26-15-14-22-19(17-26)7-5-11-23(22)25-24(27)13-12-18-6-4-10-21(16-18)30-20-8-2-3-9-20/h4-7,10-11,16,20H,2-3,8-9,12-15,17H2,1H3,(H,25,27). The Morgan fingerprint density at radius 3 is 2.71 bits per heavy atom. The minimum Gasteiger partial charge on any atom is -0.490 e. The number of rotatable bonds is 7. The van der Waals surface area contributed by atoms with Crippen LogP contribution in [0, 0.1) is 0 Å². The van der Waals surface area contributed by atoms with Crippen LogP contribution < -0.4 is 10.1 Å². The van der Waals surface area contributed by atoms with E-state index in [0.717, 1.165) is 41.0 Å². The summed E-state index contributed by atoms with van der Waals surface area (Å²) < 4.78 is 31.2. The molecule has 1 heterocycles. The Balaban J connectivity index is 1.35. The van der Waals surface area contributed by atoms with Crippen molar-refractivity contribution in [2.24, 2.45) is 0 Å². The lowest BCUT2D eigenvalue weighted by Crippen LogP contribution is -2.35. The predicted molar refractivity (Wildman–Crippen MR) is 122 cm³/mol. The van der Waals surface area contributed by atoms with Gasteiger partial charge in [-0.3, -0.25) is 4.79 Å². The fraction of sp³-hybridized carbons (Fsp3) is 0.458. The minimum atomic E-state index is -3.22. The molecule has 7 heteroatoms. The van der Waals surface area contributed by atoms with Gasteiger partial charge in [-0.1, -0.05) is 24.3 Å². The van der Waals surface area contributed by atoms with Gasteiger partial charge in [0.2, 0.25) is 15.9 Å². The summed E-state index contributed by atoms with van der Waals surface area (Å²) in [5, 5.41) is 3.03. The zero-order chi connectivity index (χ0) is 21.8. The first-order valence-electron chi connectivity index (χ1n) is 11.0. The third-order valence-electron chi connectivity index (χ3n) is 6.12. The highest BCUT2D eigenvalue weighted by atomic mass is 32.2. The molecule has 1 saturated carbocycles. The van der Waals surface area contributed by atoms with Crippen LogP contribution in [0.2, 0.25) is 0 Å². The van der Waals surface area contributed by atoms with E-state index in [9.17, 15) is 13.2 Å². The van der Waals surface area contributed by atoms with Crippen LogP contribution in [0.3, 0.4) is 0 Å². The number of nitrogens with one attached hydrogen (secondary N) is 1. The van der Waals surface area contributed by atoms with Crippen LogP contribution in [0.5, 0.6) is 5.75 Å². The largest absolute Gasteiger partial charge is 0.490 e. The molecule has 1 aliphatic heterocycles. The van der Waals surface area contributed by atoms with Crippen molar-refractivity contribution in [1.82, 2.24) is 4.31 Å². The van der Waals surface area contributed by atoms with Crippen molar-refractivity contribution in [2.45, 2.75) is 57.6 Å². The summed E-state index contributed by atoms with van der Waals surface area (Å²) in [5.41, 5.74) is 3.85. The third kappa shape index (κ3) is 5.66. The highest BCUT2D eigenvalue weighted by Crippen LogP contribution is 2.28. The summed E-state index contributed by atoms with van der Waals surface area (Å²) in [6.07, 6.45) is 7.89. The van der Waals surface area contributed by atoms with E-state index in [1.54, 1.807) is 0 Å². The molecule has 0 bridgehead atoms. The van der Waals surface area contributed by atoms with Crippen LogP contribution in [0.25, 0.3) is 0 Å². The van der Waals surface area contributed by atoms with E-state index in [4.69, 9.17) is 4.74 Å². The van der Waals surface area contributed by atoms with Crippen molar-refractivity contribution < 1.29 is 17.9 Å². The highest BCUT2D eigenvalue weighted by molar-refractivity contribution is 7.88. The predicted octanol–water partition coefficient (Wildman–Crippen LogP) is 3.90. The van der Waals surface area contributed by atoms with Crippen LogP contribution >= 0.6 is 0 Å². The Hall–Kier alpha value is -2.38. The molecule has 166 valence electrons. The lowest BCUT2D eigenvalue weighted by molar-refractivity contribution is -0.116. The minimum absolute atomic E-state index is 0.0407. The van der Waals surface area contributed by atoms with Gasteiger partial charge in [0, 0.05) is 25.2 Å². The van der Waals surface area contributed by atoms with E-state index in [0.29, 0.717) is 38.5 Å². The topological polar surface area (TPSA) is 75.7 Å². The first kappa shape index (κ1) is 21.8. The zero-order valence-electron chi connectivity index (χ0n) is 18.0. The maximum Gasteiger partial charge on any atom is 0.224 e.